The Bertz CT molecular complexity index is 601. The molecular weight excluding hydrogens is 313 g/mol. The summed E-state index contributed by atoms with van der Waals surface area (Å²) in [6.45, 7) is 10.00. The highest BCUT2D eigenvalue weighted by molar-refractivity contribution is 5.94. The molecule has 1 aromatic heterocycles. The van der Waals surface area contributed by atoms with Crippen LogP contribution in [0.1, 0.15) is 45.0 Å². The lowest BCUT2D eigenvalue weighted by molar-refractivity contribution is -0.0130. The number of aromatic nitrogens is 1. The molecule has 1 aromatic rings. The maximum absolute atomic E-state index is 12.9. The number of nitrogens with zero attached hydrogens (tertiary/aromatic N) is 3. The van der Waals surface area contributed by atoms with E-state index < -0.39 is 11.5 Å². The summed E-state index contributed by atoms with van der Waals surface area (Å²) in [5.41, 5.74) is -0.231. The number of amides is 2. The molecule has 132 valence electrons. The van der Waals surface area contributed by atoms with Gasteiger partial charge in [-0.3, -0.25) is 9.69 Å². The fourth-order valence-electron chi connectivity index (χ4n) is 2.85. The zero-order valence-electron chi connectivity index (χ0n) is 14.7. The number of carbonyl (C=O) groups excluding carboxylic acids is 2. The van der Waals surface area contributed by atoms with E-state index in [9.17, 15) is 14.0 Å². The Labute approximate surface area is 141 Å². The largest absolute Gasteiger partial charge is 0.444 e. The third-order valence-corrected chi connectivity index (χ3v) is 3.78. The van der Waals surface area contributed by atoms with Crippen molar-refractivity contribution in [2.45, 2.75) is 52.3 Å². The first kappa shape index (κ1) is 18.2. The number of pyridine rings is 1. The van der Waals surface area contributed by atoms with Crippen molar-refractivity contribution in [3.05, 3.63) is 29.8 Å². The minimum Gasteiger partial charge on any atom is -0.444 e. The smallest absolute Gasteiger partial charge is 0.410 e. The van der Waals surface area contributed by atoms with E-state index in [1.807, 2.05) is 34.6 Å². The maximum atomic E-state index is 12.9. The van der Waals surface area contributed by atoms with Crippen molar-refractivity contribution in [2.75, 3.05) is 13.1 Å². The Kier molecular flexibility index (Phi) is 5.11. The molecule has 0 unspecified atom stereocenters. The summed E-state index contributed by atoms with van der Waals surface area (Å²) in [4.78, 5) is 31.7. The molecule has 1 aliphatic rings. The minimum absolute atomic E-state index is 0.180. The molecule has 2 amide bonds. The molecule has 6 nitrogen and oxygen atoms in total. The van der Waals surface area contributed by atoms with Crippen LogP contribution in [0.25, 0.3) is 0 Å². The van der Waals surface area contributed by atoms with Crippen molar-refractivity contribution in [1.29, 1.82) is 0 Å². The highest BCUT2D eigenvalue weighted by atomic mass is 19.1. The average Bonchev–Trinajstić information content (AvgIpc) is 2.44. The maximum Gasteiger partial charge on any atom is 0.410 e. The van der Waals surface area contributed by atoms with Gasteiger partial charge in [-0.1, -0.05) is 0 Å². The molecule has 2 rings (SSSR count). The summed E-state index contributed by atoms with van der Waals surface area (Å²) < 4.78 is 18.3. The van der Waals surface area contributed by atoms with Crippen LogP contribution in [-0.4, -0.2) is 57.6 Å². The third kappa shape index (κ3) is 4.21. The Morgan fingerprint density at radius 3 is 2.25 bits per heavy atom. The molecule has 0 radical (unpaired) electrons. The van der Waals surface area contributed by atoms with Gasteiger partial charge in [-0.2, -0.15) is 4.39 Å². The molecule has 0 aromatic carbocycles. The average molecular weight is 337 g/mol. The highest BCUT2D eigenvalue weighted by Crippen LogP contribution is 2.21. The molecule has 0 N–H and O–H groups in total. The lowest BCUT2D eigenvalue weighted by Gasteiger charge is -2.44. The van der Waals surface area contributed by atoms with Crippen LogP contribution >= 0.6 is 0 Å². The van der Waals surface area contributed by atoms with Crippen LogP contribution in [0.2, 0.25) is 0 Å². The molecule has 2 heterocycles. The van der Waals surface area contributed by atoms with Crippen molar-refractivity contribution in [3.8, 4) is 0 Å². The van der Waals surface area contributed by atoms with E-state index >= 15 is 0 Å². The molecular formula is C17H24FN3O3. The van der Waals surface area contributed by atoms with Gasteiger partial charge in [0.25, 0.3) is 5.91 Å². The predicted molar refractivity (Wildman–Crippen MR) is 87.1 cm³/mol. The summed E-state index contributed by atoms with van der Waals surface area (Å²) >= 11 is 0. The molecule has 1 saturated heterocycles. The first-order valence-corrected chi connectivity index (χ1v) is 8.00. The van der Waals surface area contributed by atoms with E-state index in [0.717, 1.165) is 6.07 Å². The van der Waals surface area contributed by atoms with Crippen LogP contribution < -0.4 is 0 Å². The SMILES string of the molecule is C[C@@H]1CN(C(=O)c2ccc(F)nc2)C[C@H](C)N1C(=O)OC(C)(C)C. The van der Waals surface area contributed by atoms with E-state index in [-0.39, 0.29) is 24.1 Å². The van der Waals surface area contributed by atoms with Gasteiger partial charge in [-0.15, -0.1) is 0 Å². The molecule has 1 fully saturated rings. The number of rotatable bonds is 1. The lowest BCUT2D eigenvalue weighted by Crippen LogP contribution is -2.60. The molecule has 24 heavy (non-hydrogen) atoms. The standard InChI is InChI=1S/C17H24FN3O3/c1-11-9-20(15(22)13-6-7-14(18)19-8-13)10-12(2)21(11)16(23)24-17(3,4)5/h6-8,11-12H,9-10H2,1-5H3/t11-,12+. The van der Waals surface area contributed by atoms with E-state index in [4.69, 9.17) is 4.74 Å². The molecule has 0 bridgehead atoms. The van der Waals surface area contributed by atoms with Gasteiger partial charge in [-0.25, -0.2) is 9.78 Å². The first-order valence-electron chi connectivity index (χ1n) is 8.00. The minimum atomic E-state index is -0.622. The van der Waals surface area contributed by atoms with E-state index in [1.165, 1.54) is 12.3 Å². The molecule has 1 aliphatic heterocycles. The van der Waals surface area contributed by atoms with Crippen molar-refractivity contribution in [3.63, 3.8) is 0 Å². The second-order valence-electron chi connectivity index (χ2n) is 7.17. The van der Waals surface area contributed by atoms with Crippen LogP contribution in [0.5, 0.6) is 0 Å². The zero-order chi connectivity index (χ0) is 18.1. The summed E-state index contributed by atoms with van der Waals surface area (Å²) in [5.74, 6) is -0.840. The van der Waals surface area contributed by atoms with E-state index in [0.29, 0.717) is 18.7 Å². The van der Waals surface area contributed by atoms with Crippen molar-refractivity contribution in [2.24, 2.45) is 0 Å². The Morgan fingerprint density at radius 2 is 1.79 bits per heavy atom. The molecule has 0 aliphatic carbocycles. The van der Waals surface area contributed by atoms with Crippen molar-refractivity contribution >= 4 is 12.0 Å². The summed E-state index contributed by atoms with van der Waals surface area (Å²) in [5, 5.41) is 0. The van der Waals surface area contributed by atoms with Crippen LogP contribution in [0.15, 0.2) is 18.3 Å². The van der Waals surface area contributed by atoms with Gasteiger partial charge in [0.2, 0.25) is 5.95 Å². The van der Waals surface area contributed by atoms with Gasteiger partial charge in [-0.05, 0) is 46.8 Å². The molecule has 0 spiro atoms. The topological polar surface area (TPSA) is 62.7 Å². The zero-order valence-corrected chi connectivity index (χ0v) is 14.7. The molecule has 0 saturated carbocycles. The highest BCUT2D eigenvalue weighted by Gasteiger charge is 2.37. The van der Waals surface area contributed by atoms with E-state index in [2.05, 4.69) is 4.98 Å². The summed E-state index contributed by atoms with van der Waals surface area (Å²) in [6.07, 6.45) is 0.853. The summed E-state index contributed by atoms with van der Waals surface area (Å²) in [7, 11) is 0. The third-order valence-electron chi connectivity index (χ3n) is 3.78. The van der Waals surface area contributed by atoms with Gasteiger partial charge in [0.15, 0.2) is 0 Å². The first-order chi connectivity index (χ1) is 11.1. The fraction of sp³-hybridized carbons (Fsp3) is 0.588. The van der Waals surface area contributed by atoms with Gasteiger partial charge in [0.05, 0.1) is 17.6 Å². The summed E-state index contributed by atoms with van der Waals surface area (Å²) in [6, 6.07) is 2.22. The van der Waals surface area contributed by atoms with Crippen molar-refractivity contribution in [1.82, 2.24) is 14.8 Å². The van der Waals surface area contributed by atoms with Crippen molar-refractivity contribution < 1.29 is 18.7 Å². The normalized spacial score (nSPS) is 21.6. The number of halogens is 1. The number of carbonyl (C=O) groups is 2. The lowest BCUT2D eigenvalue weighted by atomic mass is 10.1. The van der Waals surface area contributed by atoms with Gasteiger partial charge in [0.1, 0.15) is 5.60 Å². The molecule has 7 heteroatoms. The Hall–Kier alpha value is -2.18. The monoisotopic (exact) mass is 337 g/mol. The fourth-order valence-corrected chi connectivity index (χ4v) is 2.85. The number of ether oxygens (including phenoxy) is 1. The van der Waals surface area contributed by atoms with Gasteiger partial charge >= 0.3 is 6.09 Å². The van der Waals surface area contributed by atoms with E-state index in [1.54, 1.807) is 9.80 Å². The quantitative estimate of drug-likeness (QED) is 0.739. The van der Waals surface area contributed by atoms with Crippen LogP contribution in [0.3, 0.4) is 0 Å². The second kappa shape index (κ2) is 6.75. The molecule has 2 atom stereocenters. The number of piperazine rings is 1. The second-order valence-corrected chi connectivity index (χ2v) is 7.17. The number of hydrogen-bond acceptors (Lipinski definition) is 4. The number of hydrogen-bond donors (Lipinski definition) is 0. The van der Waals surface area contributed by atoms with Crippen LogP contribution in [0, 0.1) is 5.95 Å². The van der Waals surface area contributed by atoms with Crippen LogP contribution in [0.4, 0.5) is 9.18 Å². The predicted octanol–water partition coefficient (Wildman–Crippen LogP) is 2.69. The van der Waals surface area contributed by atoms with Gasteiger partial charge < -0.3 is 9.64 Å². The van der Waals surface area contributed by atoms with Crippen LogP contribution in [-0.2, 0) is 4.74 Å². The Balaban J connectivity index is 2.08. The Morgan fingerprint density at radius 1 is 1.21 bits per heavy atom. The van der Waals surface area contributed by atoms with Gasteiger partial charge in [0, 0.05) is 19.3 Å².